The third-order valence-electron chi connectivity index (χ3n) is 3.93. The molecular formula is C16H17NO2. The van der Waals surface area contributed by atoms with E-state index in [1.807, 2.05) is 30.3 Å². The topological polar surface area (TPSA) is 38.7 Å². The molecule has 19 heavy (non-hydrogen) atoms. The molecular weight excluding hydrogens is 238 g/mol. The molecule has 0 amide bonds. The number of carbonyl (C=O) groups is 1. The van der Waals surface area contributed by atoms with Gasteiger partial charge in [-0.2, -0.15) is 0 Å². The van der Waals surface area contributed by atoms with Crippen LogP contribution in [-0.2, 0) is 9.53 Å². The van der Waals surface area contributed by atoms with Crippen LogP contribution in [0.5, 0.6) is 0 Å². The highest BCUT2D eigenvalue weighted by Crippen LogP contribution is 2.44. The number of carbonyl (C=O) groups excluding carboxylic acids is 1. The quantitative estimate of drug-likeness (QED) is 0.615. The number of benzene rings is 1. The van der Waals surface area contributed by atoms with Gasteiger partial charge in [-0.05, 0) is 24.8 Å². The van der Waals surface area contributed by atoms with Crippen molar-refractivity contribution in [3.05, 3.63) is 48.0 Å². The first-order chi connectivity index (χ1) is 9.29. The van der Waals surface area contributed by atoms with Gasteiger partial charge in [-0.15, -0.1) is 0 Å². The third-order valence-corrected chi connectivity index (χ3v) is 3.93. The van der Waals surface area contributed by atoms with Crippen LogP contribution in [0.1, 0.15) is 24.8 Å². The monoisotopic (exact) mass is 255 g/mol. The lowest BCUT2D eigenvalue weighted by Gasteiger charge is -2.24. The summed E-state index contributed by atoms with van der Waals surface area (Å²) >= 11 is 0. The molecule has 2 atom stereocenters. The second-order valence-electron chi connectivity index (χ2n) is 5.05. The SMILES string of the molecule is COC(=O)C1(C2C=CCCC2)N=C1c1ccccc1. The Labute approximate surface area is 113 Å². The number of hydrogen-bond acceptors (Lipinski definition) is 3. The summed E-state index contributed by atoms with van der Waals surface area (Å²) in [5.74, 6) is -0.0909. The van der Waals surface area contributed by atoms with Crippen LogP contribution in [0.25, 0.3) is 0 Å². The molecule has 3 nitrogen and oxygen atoms in total. The Kier molecular flexibility index (Phi) is 2.97. The molecule has 0 saturated heterocycles. The van der Waals surface area contributed by atoms with E-state index in [0.29, 0.717) is 0 Å². The van der Waals surface area contributed by atoms with E-state index in [1.54, 1.807) is 0 Å². The highest BCUT2D eigenvalue weighted by Gasteiger charge is 2.60. The van der Waals surface area contributed by atoms with Gasteiger partial charge in [-0.1, -0.05) is 42.5 Å². The molecule has 2 unspecified atom stereocenters. The molecule has 0 radical (unpaired) electrons. The summed E-state index contributed by atoms with van der Waals surface area (Å²) in [6, 6.07) is 9.89. The Bertz CT molecular complexity index is 547. The Hall–Kier alpha value is -1.90. The van der Waals surface area contributed by atoms with E-state index in [4.69, 9.17) is 4.74 Å². The van der Waals surface area contributed by atoms with Gasteiger partial charge in [0.1, 0.15) is 0 Å². The summed E-state index contributed by atoms with van der Waals surface area (Å²) in [6.07, 6.45) is 7.46. The van der Waals surface area contributed by atoms with Crippen LogP contribution >= 0.6 is 0 Å². The maximum absolute atomic E-state index is 12.2. The largest absolute Gasteiger partial charge is 0.467 e. The van der Waals surface area contributed by atoms with Crippen LogP contribution in [0.15, 0.2) is 47.5 Å². The van der Waals surface area contributed by atoms with Crippen LogP contribution in [0.2, 0.25) is 0 Å². The van der Waals surface area contributed by atoms with Crippen LogP contribution in [0.3, 0.4) is 0 Å². The third kappa shape index (κ3) is 1.89. The zero-order valence-electron chi connectivity index (χ0n) is 11.0. The van der Waals surface area contributed by atoms with E-state index in [9.17, 15) is 4.79 Å². The minimum atomic E-state index is -0.757. The second-order valence-corrected chi connectivity index (χ2v) is 5.05. The smallest absolute Gasteiger partial charge is 0.340 e. The van der Waals surface area contributed by atoms with Gasteiger partial charge in [0.2, 0.25) is 5.54 Å². The molecule has 0 saturated carbocycles. The Balaban J connectivity index is 1.92. The average Bonchev–Trinajstić information content (AvgIpc) is 3.25. The molecule has 98 valence electrons. The van der Waals surface area contributed by atoms with Crippen molar-refractivity contribution in [1.82, 2.24) is 0 Å². The van der Waals surface area contributed by atoms with Gasteiger partial charge in [-0.25, -0.2) is 4.79 Å². The fourth-order valence-corrected chi connectivity index (χ4v) is 2.90. The minimum absolute atomic E-state index is 0.143. The number of aliphatic imine (C=N–C) groups is 1. The molecule has 0 N–H and O–H groups in total. The molecule has 1 heterocycles. The Morgan fingerprint density at radius 2 is 2.16 bits per heavy atom. The molecule has 0 bridgehead atoms. The molecule has 0 aromatic heterocycles. The zero-order valence-corrected chi connectivity index (χ0v) is 11.0. The van der Waals surface area contributed by atoms with E-state index >= 15 is 0 Å². The molecule has 1 aromatic carbocycles. The number of methoxy groups -OCH3 is 1. The van der Waals surface area contributed by atoms with Gasteiger partial charge in [0.25, 0.3) is 0 Å². The van der Waals surface area contributed by atoms with Gasteiger partial charge in [0.15, 0.2) is 0 Å². The van der Waals surface area contributed by atoms with Gasteiger partial charge in [0.05, 0.1) is 12.8 Å². The standard InChI is InChI=1S/C16H17NO2/c1-19-15(18)16(13-10-6-3-7-11-13)14(17-16)12-8-4-2-5-9-12/h2,4-6,8-10,13H,3,7,11H2,1H3. The molecule has 1 aliphatic heterocycles. The van der Waals surface area contributed by atoms with Gasteiger partial charge < -0.3 is 4.74 Å². The van der Waals surface area contributed by atoms with E-state index in [-0.39, 0.29) is 11.9 Å². The van der Waals surface area contributed by atoms with Gasteiger partial charge in [-0.3, -0.25) is 4.99 Å². The lowest BCUT2D eigenvalue weighted by atomic mass is 9.79. The maximum Gasteiger partial charge on any atom is 0.340 e. The van der Waals surface area contributed by atoms with Crippen molar-refractivity contribution in [2.24, 2.45) is 10.9 Å². The van der Waals surface area contributed by atoms with Crippen LogP contribution < -0.4 is 0 Å². The molecule has 0 fully saturated rings. The molecule has 3 rings (SSSR count). The highest BCUT2D eigenvalue weighted by molar-refractivity contribution is 6.29. The van der Waals surface area contributed by atoms with Crippen LogP contribution in [-0.4, -0.2) is 24.3 Å². The van der Waals surface area contributed by atoms with Crippen molar-refractivity contribution in [1.29, 1.82) is 0 Å². The average molecular weight is 255 g/mol. The molecule has 1 aliphatic carbocycles. The number of esters is 1. The zero-order chi connectivity index (χ0) is 13.3. The number of allylic oxidation sites excluding steroid dienone is 1. The first kappa shape index (κ1) is 12.2. The summed E-state index contributed by atoms with van der Waals surface area (Å²) in [7, 11) is 1.44. The van der Waals surface area contributed by atoms with Crippen molar-refractivity contribution in [2.75, 3.05) is 7.11 Å². The van der Waals surface area contributed by atoms with E-state index in [1.165, 1.54) is 7.11 Å². The van der Waals surface area contributed by atoms with Gasteiger partial charge >= 0.3 is 5.97 Å². The summed E-state index contributed by atoms with van der Waals surface area (Å²) in [5, 5.41) is 0. The van der Waals surface area contributed by atoms with Crippen molar-refractivity contribution >= 4 is 11.7 Å². The van der Waals surface area contributed by atoms with Crippen LogP contribution in [0, 0.1) is 5.92 Å². The predicted octanol–water partition coefficient (Wildman–Crippen LogP) is 2.76. The fourth-order valence-electron chi connectivity index (χ4n) is 2.90. The first-order valence-electron chi connectivity index (χ1n) is 6.70. The van der Waals surface area contributed by atoms with Crippen molar-refractivity contribution in [2.45, 2.75) is 24.8 Å². The van der Waals surface area contributed by atoms with Gasteiger partial charge in [0, 0.05) is 5.92 Å². The lowest BCUT2D eigenvalue weighted by molar-refractivity contribution is -0.144. The first-order valence-corrected chi connectivity index (χ1v) is 6.70. The molecule has 0 spiro atoms. The second kappa shape index (κ2) is 4.65. The normalized spacial score (nSPS) is 28.7. The van der Waals surface area contributed by atoms with Crippen molar-refractivity contribution < 1.29 is 9.53 Å². The number of nitrogens with zero attached hydrogens (tertiary/aromatic N) is 1. The minimum Gasteiger partial charge on any atom is -0.467 e. The lowest BCUT2D eigenvalue weighted by Crippen LogP contribution is -2.39. The summed E-state index contributed by atoms with van der Waals surface area (Å²) in [4.78, 5) is 16.8. The Morgan fingerprint density at radius 1 is 1.37 bits per heavy atom. The molecule has 1 aromatic rings. The highest BCUT2D eigenvalue weighted by atomic mass is 16.5. The fraction of sp³-hybridized carbons (Fsp3) is 0.375. The number of hydrogen-bond donors (Lipinski definition) is 0. The van der Waals surface area contributed by atoms with E-state index in [2.05, 4.69) is 17.1 Å². The summed E-state index contributed by atoms with van der Waals surface area (Å²) in [5.41, 5.74) is 1.14. The number of rotatable bonds is 3. The summed E-state index contributed by atoms with van der Waals surface area (Å²) in [6.45, 7) is 0. The van der Waals surface area contributed by atoms with E-state index < -0.39 is 5.54 Å². The van der Waals surface area contributed by atoms with Crippen molar-refractivity contribution in [3.63, 3.8) is 0 Å². The molecule has 3 heteroatoms. The van der Waals surface area contributed by atoms with E-state index in [0.717, 1.165) is 30.5 Å². The predicted molar refractivity (Wildman–Crippen MR) is 74.2 cm³/mol. The van der Waals surface area contributed by atoms with Crippen molar-refractivity contribution in [3.8, 4) is 0 Å². The Morgan fingerprint density at radius 3 is 2.79 bits per heavy atom. The van der Waals surface area contributed by atoms with Crippen LogP contribution in [0.4, 0.5) is 0 Å². The maximum atomic E-state index is 12.2. The summed E-state index contributed by atoms with van der Waals surface area (Å²) < 4.78 is 5.00. The molecule has 2 aliphatic rings. The number of ether oxygens (including phenoxy) is 1.